The lowest BCUT2D eigenvalue weighted by atomic mass is 10.1. The van der Waals surface area contributed by atoms with Gasteiger partial charge in [0.15, 0.2) is 5.78 Å². The van der Waals surface area contributed by atoms with Crippen LogP contribution in [0.1, 0.15) is 27.2 Å². The highest BCUT2D eigenvalue weighted by atomic mass is 16.1. The van der Waals surface area contributed by atoms with Crippen LogP contribution in [-0.4, -0.2) is 18.5 Å². The molecule has 0 aromatic heterocycles. The lowest BCUT2D eigenvalue weighted by Gasteiger charge is -1.92. The summed E-state index contributed by atoms with van der Waals surface area (Å²) in [6, 6.07) is 0. The second kappa shape index (κ2) is 7.47. The van der Waals surface area contributed by atoms with Gasteiger partial charge in [-0.3, -0.25) is 9.79 Å². The van der Waals surface area contributed by atoms with Crippen molar-refractivity contribution in [1.29, 1.82) is 0 Å². The monoisotopic (exact) mass is 179 g/mol. The molecule has 0 radical (unpaired) electrons. The molecule has 0 aliphatic carbocycles. The molecule has 0 unspecified atom stereocenters. The number of aliphatic imine (C=N–C) groups is 1. The number of carbonyl (C=O) groups excluding carboxylic acids is 1. The minimum Gasteiger partial charge on any atom is -0.297 e. The van der Waals surface area contributed by atoms with Gasteiger partial charge in [-0.05, 0) is 32.4 Å². The molecule has 0 saturated heterocycles. The maximum atomic E-state index is 11.2. The summed E-state index contributed by atoms with van der Waals surface area (Å²) in [4.78, 5) is 15.3. The number of rotatable bonds is 5. The van der Waals surface area contributed by atoms with Crippen LogP contribution in [0.25, 0.3) is 0 Å². The van der Waals surface area contributed by atoms with E-state index in [4.69, 9.17) is 0 Å². The van der Waals surface area contributed by atoms with Gasteiger partial charge in [0.2, 0.25) is 0 Å². The topological polar surface area (TPSA) is 29.4 Å². The average molecular weight is 179 g/mol. The normalized spacial score (nSPS) is 13.0. The van der Waals surface area contributed by atoms with Crippen molar-refractivity contribution in [2.75, 3.05) is 6.54 Å². The molecule has 0 spiro atoms. The van der Waals surface area contributed by atoms with Crippen molar-refractivity contribution in [3.63, 3.8) is 0 Å². The molecule has 0 saturated carbocycles. The minimum atomic E-state index is 0.0763. The SMILES string of the molecule is C/C=C/C(=O)/C(C)=C/CC=NCC. The Bertz CT molecular complexity index is 236. The fourth-order valence-electron chi connectivity index (χ4n) is 0.817. The number of nitrogens with zero attached hydrogens (tertiary/aromatic N) is 1. The first-order valence-electron chi connectivity index (χ1n) is 4.54. The van der Waals surface area contributed by atoms with Gasteiger partial charge in [0.05, 0.1) is 0 Å². The van der Waals surface area contributed by atoms with Crippen molar-refractivity contribution in [2.45, 2.75) is 27.2 Å². The summed E-state index contributed by atoms with van der Waals surface area (Å²) < 4.78 is 0. The summed E-state index contributed by atoms with van der Waals surface area (Å²) in [6.45, 7) is 6.44. The molecule has 0 aromatic rings. The first-order chi connectivity index (χ1) is 6.22. The fourth-order valence-corrected chi connectivity index (χ4v) is 0.817. The molecule has 2 heteroatoms. The van der Waals surface area contributed by atoms with Gasteiger partial charge in [-0.15, -0.1) is 0 Å². The zero-order chi connectivity index (χ0) is 10.1. The molecule has 0 aromatic carbocycles. The molecule has 0 heterocycles. The molecule has 0 aliphatic rings. The summed E-state index contributed by atoms with van der Waals surface area (Å²) >= 11 is 0. The molecule has 72 valence electrons. The number of hydrogen-bond donors (Lipinski definition) is 0. The van der Waals surface area contributed by atoms with E-state index < -0.39 is 0 Å². The van der Waals surface area contributed by atoms with Crippen molar-refractivity contribution in [3.8, 4) is 0 Å². The van der Waals surface area contributed by atoms with E-state index in [-0.39, 0.29) is 5.78 Å². The van der Waals surface area contributed by atoms with Gasteiger partial charge in [-0.2, -0.15) is 0 Å². The third-order valence-corrected chi connectivity index (χ3v) is 1.55. The van der Waals surface area contributed by atoms with Crippen molar-refractivity contribution >= 4 is 12.0 Å². The zero-order valence-corrected chi connectivity index (χ0v) is 8.58. The molecular formula is C11H17NO. The Morgan fingerprint density at radius 1 is 1.46 bits per heavy atom. The molecular weight excluding hydrogens is 162 g/mol. The summed E-state index contributed by atoms with van der Waals surface area (Å²) in [5.41, 5.74) is 0.778. The van der Waals surface area contributed by atoms with Gasteiger partial charge in [0.1, 0.15) is 0 Å². The minimum absolute atomic E-state index is 0.0763. The van der Waals surface area contributed by atoms with E-state index in [1.165, 1.54) is 0 Å². The van der Waals surface area contributed by atoms with Crippen LogP contribution in [0.5, 0.6) is 0 Å². The lowest BCUT2D eigenvalue weighted by molar-refractivity contribution is -0.111. The Kier molecular flexibility index (Phi) is 6.79. The van der Waals surface area contributed by atoms with Crippen LogP contribution in [-0.2, 0) is 4.79 Å². The summed E-state index contributed by atoms with van der Waals surface area (Å²) in [7, 11) is 0. The van der Waals surface area contributed by atoms with E-state index >= 15 is 0 Å². The molecule has 0 amide bonds. The van der Waals surface area contributed by atoms with Crippen LogP contribution in [0, 0.1) is 0 Å². The van der Waals surface area contributed by atoms with E-state index in [0.29, 0.717) is 0 Å². The quantitative estimate of drug-likeness (QED) is 0.471. The standard InChI is InChI=1S/C11H17NO/c1-4-7-11(13)10(3)8-6-9-12-5-2/h4,7-9H,5-6H2,1-3H3/b7-4+,10-8+,12-9?. The third kappa shape index (κ3) is 6.02. The molecule has 0 atom stereocenters. The van der Waals surface area contributed by atoms with Gasteiger partial charge < -0.3 is 0 Å². The van der Waals surface area contributed by atoms with E-state index in [1.807, 2.05) is 33.1 Å². The highest BCUT2D eigenvalue weighted by Gasteiger charge is 1.96. The first kappa shape index (κ1) is 11.8. The predicted molar refractivity (Wildman–Crippen MR) is 57.2 cm³/mol. The summed E-state index contributed by atoms with van der Waals surface area (Å²) in [5.74, 6) is 0.0763. The highest BCUT2D eigenvalue weighted by molar-refractivity contribution is 6.03. The first-order valence-corrected chi connectivity index (χ1v) is 4.54. The largest absolute Gasteiger partial charge is 0.297 e. The predicted octanol–water partition coefficient (Wildman–Crippen LogP) is 2.56. The van der Waals surface area contributed by atoms with Crippen molar-refractivity contribution in [3.05, 3.63) is 23.8 Å². The van der Waals surface area contributed by atoms with E-state index in [1.54, 1.807) is 12.2 Å². The van der Waals surface area contributed by atoms with Crippen molar-refractivity contribution in [1.82, 2.24) is 0 Å². The highest BCUT2D eigenvalue weighted by Crippen LogP contribution is 1.97. The van der Waals surface area contributed by atoms with Crippen molar-refractivity contribution < 1.29 is 4.79 Å². The number of hydrogen-bond acceptors (Lipinski definition) is 2. The second-order valence-corrected chi connectivity index (χ2v) is 2.67. The maximum absolute atomic E-state index is 11.2. The molecule has 13 heavy (non-hydrogen) atoms. The van der Waals surface area contributed by atoms with E-state index in [2.05, 4.69) is 4.99 Å². The summed E-state index contributed by atoms with van der Waals surface area (Å²) in [5, 5.41) is 0. The van der Waals surface area contributed by atoms with Gasteiger partial charge in [-0.25, -0.2) is 0 Å². The van der Waals surface area contributed by atoms with Crippen LogP contribution in [0.2, 0.25) is 0 Å². The van der Waals surface area contributed by atoms with Crippen LogP contribution >= 0.6 is 0 Å². The smallest absolute Gasteiger partial charge is 0.180 e. The molecule has 0 rings (SSSR count). The van der Waals surface area contributed by atoms with E-state index in [0.717, 1.165) is 18.5 Å². The Balaban J connectivity index is 4.01. The lowest BCUT2D eigenvalue weighted by Crippen LogP contribution is -1.93. The van der Waals surface area contributed by atoms with Crippen molar-refractivity contribution in [2.24, 2.45) is 4.99 Å². The molecule has 0 N–H and O–H groups in total. The number of carbonyl (C=O) groups is 1. The molecule has 0 fully saturated rings. The van der Waals surface area contributed by atoms with Crippen LogP contribution in [0.4, 0.5) is 0 Å². The van der Waals surface area contributed by atoms with Gasteiger partial charge in [0.25, 0.3) is 0 Å². The van der Waals surface area contributed by atoms with E-state index in [9.17, 15) is 4.79 Å². The maximum Gasteiger partial charge on any atom is 0.180 e. The zero-order valence-electron chi connectivity index (χ0n) is 8.58. The molecule has 2 nitrogen and oxygen atoms in total. The Morgan fingerprint density at radius 2 is 2.15 bits per heavy atom. The van der Waals surface area contributed by atoms with Crippen LogP contribution in [0.3, 0.4) is 0 Å². The molecule has 0 aliphatic heterocycles. The fraction of sp³-hybridized carbons (Fsp3) is 0.455. The number of allylic oxidation sites excluding steroid dienone is 4. The second-order valence-electron chi connectivity index (χ2n) is 2.67. The third-order valence-electron chi connectivity index (χ3n) is 1.55. The van der Waals surface area contributed by atoms with Crippen LogP contribution < -0.4 is 0 Å². The van der Waals surface area contributed by atoms with Crippen LogP contribution in [0.15, 0.2) is 28.8 Å². The Labute approximate surface area is 80.1 Å². The van der Waals surface area contributed by atoms with Gasteiger partial charge in [-0.1, -0.05) is 12.2 Å². The van der Waals surface area contributed by atoms with Gasteiger partial charge in [0, 0.05) is 19.2 Å². The average Bonchev–Trinajstić information content (AvgIpc) is 2.12. The Morgan fingerprint density at radius 3 is 2.69 bits per heavy atom. The summed E-state index contributed by atoms with van der Waals surface area (Å²) in [6.07, 6.45) is 7.78. The molecule has 0 bridgehead atoms. The number of ketones is 1. The Hall–Kier alpha value is -1.18. The van der Waals surface area contributed by atoms with Gasteiger partial charge >= 0.3 is 0 Å².